The highest BCUT2D eigenvalue weighted by Crippen LogP contribution is 2.07. The van der Waals surface area contributed by atoms with Gasteiger partial charge < -0.3 is 10.8 Å². The number of hydrogen-bond donors (Lipinski definition) is 2. The van der Waals surface area contributed by atoms with Gasteiger partial charge in [0.2, 0.25) is 0 Å². The quantitative estimate of drug-likeness (QED) is 0.609. The second kappa shape index (κ2) is 5.69. The molecule has 0 bridgehead atoms. The van der Waals surface area contributed by atoms with Crippen LogP contribution in [-0.2, 0) is 0 Å². The van der Waals surface area contributed by atoms with Crippen molar-refractivity contribution in [3.63, 3.8) is 0 Å². The molecule has 0 saturated heterocycles. The third-order valence-corrected chi connectivity index (χ3v) is 1.87. The molecule has 0 aliphatic heterocycles. The SMILES string of the molecule is CCC(N)CCC(C)CO. The Morgan fingerprint density at radius 3 is 2.40 bits per heavy atom. The summed E-state index contributed by atoms with van der Waals surface area (Å²) in [6.45, 7) is 4.42. The molecule has 62 valence electrons. The second-order valence-electron chi connectivity index (χ2n) is 3.03. The summed E-state index contributed by atoms with van der Waals surface area (Å²) in [5.74, 6) is 0.414. The van der Waals surface area contributed by atoms with Crippen LogP contribution in [0.1, 0.15) is 33.1 Å². The molecule has 0 aliphatic rings. The summed E-state index contributed by atoms with van der Waals surface area (Å²) in [5.41, 5.74) is 5.69. The molecule has 2 unspecified atom stereocenters. The average molecular weight is 145 g/mol. The second-order valence-corrected chi connectivity index (χ2v) is 3.03. The van der Waals surface area contributed by atoms with E-state index in [0.717, 1.165) is 19.3 Å². The first kappa shape index (κ1) is 9.92. The van der Waals surface area contributed by atoms with Crippen molar-refractivity contribution in [1.29, 1.82) is 0 Å². The number of rotatable bonds is 5. The number of nitrogens with two attached hydrogens (primary N) is 1. The molecule has 0 rings (SSSR count). The minimum atomic E-state index is 0.288. The molecule has 2 nitrogen and oxygen atoms in total. The predicted octanol–water partition coefficient (Wildman–Crippen LogP) is 1.13. The van der Waals surface area contributed by atoms with Crippen LogP contribution in [0.2, 0.25) is 0 Å². The Morgan fingerprint density at radius 1 is 1.40 bits per heavy atom. The Morgan fingerprint density at radius 2 is 2.00 bits per heavy atom. The summed E-state index contributed by atoms with van der Waals surface area (Å²) in [6.07, 6.45) is 3.13. The summed E-state index contributed by atoms with van der Waals surface area (Å²) in [5, 5.41) is 8.68. The minimum Gasteiger partial charge on any atom is -0.396 e. The summed E-state index contributed by atoms with van der Waals surface area (Å²) in [7, 11) is 0. The summed E-state index contributed by atoms with van der Waals surface area (Å²) >= 11 is 0. The van der Waals surface area contributed by atoms with Crippen LogP contribution in [0.15, 0.2) is 0 Å². The molecule has 0 saturated carbocycles. The molecule has 0 spiro atoms. The fourth-order valence-electron chi connectivity index (χ4n) is 0.794. The van der Waals surface area contributed by atoms with Crippen molar-refractivity contribution in [2.45, 2.75) is 39.2 Å². The van der Waals surface area contributed by atoms with Gasteiger partial charge in [0.05, 0.1) is 0 Å². The standard InChI is InChI=1S/C8H19NO/c1-3-8(9)5-4-7(2)6-10/h7-8,10H,3-6,9H2,1-2H3. The Labute approximate surface area is 63.4 Å². The molecule has 10 heavy (non-hydrogen) atoms. The normalized spacial score (nSPS) is 16.8. The Kier molecular flexibility index (Phi) is 5.64. The lowest BCUT2D eigenvalue weighted by Gasteiger charge is -2.11. The van der Waals surface area contributed by atoms with Gasteiger partial charge in [-0.3, -0.25) is 0 Å². The van der Waals surface area contributed by atoms with Gasteiger partial charge in [0.1, 0.15) is 0 Å². The van der Waals surface area contributed by atoms with Crippen molar-refractivity contribution >= 4 is 0 Å². The molecular formula is C8H19NO. The number of aliphatic hydroxyl groups is 1. The third kappa shape index (κ3) is 4.77. The number of aliphatic hydroxyl groups excluding tert-OH is 1. The Hall–Kier alpha value is -0.0800. The van der Waals surface area contributed by atoms with E-state index in [2.05, 4.69) is 6.92 Å². The monoisotopic (exact) mass is 145 g/mol. The van der Waals surface area contributed by atoms with Crippen LogP contribution in [-0.4, -0.2) is 17.8 Å². The highest BCUT2D eigenvalue weighted by Gasteiger charge is 2.03. The lowest BCUT2D eigenvalue weighted by atomic mass is 10.0. The predicted molar refractivity (Wildman–Crippen MR) is 43.8 cm³/mol. The molecule has 0 aliphatic carbocycles. The average Bonchev–Trinajstić information content (AvgIpc) is 1.99. The van der Waals surface area contributed by atoms with Gasteiger partial charge >= 0.3 is 0 Å². The van der Waals surface area contributed by atoms with Gasteiger partial charge in [0.15, 0.2) is 0 Å². The zero-order valence-electron chi connectivity index (χ0n) is 7.01. The lowest BCUT2D eigenvalue weighted by Crippen LogP contribution is -2.19. The highest BCUT2D eigenvalue weighted by atomic mass is 16.3. The first-order valence-electron chi connectivity index (χ1n) is 4.07. The molecule has 0 heterocycles. The lowest BCUT2D eigenvalue weighted by molar-refractivity contribution is 0.225. The molecule has 2 atom stereocenters. The van der Waals surface area contributed by atoms with E-state index in [0.29, 0.717) is 12.0 Å². The molecule has 0 aromatic heterocycles. The van der Waals surface area contributed by atoms with Gasteiger partial charge in [-0.2, -0.15) is 0 Å². The van der Waals surface area contributed by atoms with Gasteiger partial charge in [-0.1, -0.05) is 13.8 Å². The Bertz CT molecular complexity index is 65.7. The summed E-state index contributed by atoms with van der Waals surface area (Å²) < 4.78 is 0. The van der Waals surface area contributed by atoms with E-state index in [1.165, 1.54) is 0 Å². The maximum absolute atomic E-state index is 8.68. The molecule has 0 amide bonds. The van der Waals surface area contributed by atoms with Crippen molar-refractivity contribution in [2.75, 3.05) is 6.61 Å². The van der Waals surface area contributed by atoms with Gasteiger partial charge in [-0.15, -0.1) is 0 Å². The van der Waals surface area contributed by atoms with E-state index in [1.807, 2.05) is 6.92 Å². The van der Waals surface area contributed by atoms with Crippen LogP contribution >= 0.6 is 0 Å². The number of hydrogen-bond acceptors (Lipinski definition) is 2. The van der Waals surface area contributed by atoms with Crippen molar-refractivity contribution < 1.29 is 5.11 Å². The van der Waals surface area contributed by atoms with Crippen molar-refractivity contribution in [2.24, 2.45) is 11.7 Å². The van der Waals surface area contributed by atoms with Crippen LogP contribution in [0.25, 0.3) is 0 Å². The third-order valence-electron chi connectivity index (χ3n) is 1.87. The van der Waals surface area contributed by atoms with Gasteiger partial charge in [-0.05, 0) is 25.2 Å². The van der Waals surface area contributed by atoms with Gasteiger partial charge in [-0.25, -0.2) is 0 Å². The highest BCUT2D eigenvalue weighted by molar-refractivity contribution is 4.60. The molecule has 0 radical (unpaired) electrons. The fraction of sp³-hybridized carbons (Fsp3) is 1.00. The van der Waals surface area contributed by atoms with Crippen LogP contribution in [0.4, 0.5) is 0 Å². The Balaban J connectivity index is 3.17. The van der Waals surface area contributed by atoms with Crippen LogP contribution < -0.4 is 5.73 Å². The van der Waals surface area contributed by atoms with Crippen LogP contribution in [0.5, 0.6) is 0 Å². The molecule has 0 aromatic rings. The maximum Gasteiger partial charge on any atom is 0.0456 e. The summed E-state index contributed by atoms with van der Waals surface area (Å²) in [6, 6.07) is 0.328. The zero-order valence-corrected chi connectivity index (χ0v) is 7.01. The molecular weight excluding hydrogens is 126 g/mol. The first-order valence-corrected chi connectivity index (χ1v) is 4.07. The van der Waals surface area contributed by atoms with E-state index in [9.17, 15) is 0 Å². The van der Waals surface area contributed by atoms with E-state index < -0.39 is 0 Å². The van der Waals surface area contributed by atoms with Crippen molar-refractivity contribution in [3.8, 4) is 0 Å². The topological polar surface area (TPSA) is 46.2 Å². The van der Waals surface area contributed by atoms with E-state index in [4.69, 9.17) is 10.8 Å². The molecule has 0 aromatic carbocycles. The van der Waals surface area contributed by atoms with E-state index in [-0.39, 0.29) is 6.61 Å². The van der Waals surface area contributed by atoms with E-state index in [1.54, 1.807) is 0 Å². The molecule has 3 N–H and O–H groups in total. The zero-order chi connectivity index (χ0) is 7.98. The fourth-order valence-corrected chi connectivity index (χ4v) is 0.794. The van der Waals surface area contributed by atoms with Crippen LogP contribution in [0, 0.1) is 5.92 Å². The first-order chi connectivity index (χ1) is 4.70. The minimum absolute atomic E-state index is 0.288. The smallest absolute Gasteiger partial charge is 0.0456 e. The molecule has 0 fully saturated rings. The van der Waals surface area contributed by atoms with Crippen LogP contribution in [0.3, 0.4) is 0 Å². The van der Waals surface area contributed by atoms with Crippen molar-refractivity contribution in [3.05, 3.63) is 0 Å². The van der Waals surface area contributed by atoms with E-state index >= 15 is 0 Å². The molecule has 2 heteroatoms. The largest absolute Gasteiger partial charge is 0.396 e. The maximum atomic E-state index is 8.68. The van der Waals surface area contributed by atoms with Crippen molar-refractivity contribution in [1.82, 2.24) is 0 Å². The summed E-state index contributed by atoms with van der Waals surface area (Å²) in [4.78, 5) is 0. The van der Waals surface area contributed by atoms with Gasteiger partial charge in [0, 0.05) is 12.6 Å². The van der Waals surface area contributed by atoms with Gasteiger partial charge in [0.25, 0.3) is 0 Å².